The molecule has 0 aliphatic carbocycles. The van der Waals surface area contributed by atoms with Gasteiger partial charge in [0.1, 0.15) is 5.75 Å². The molecule has 2 aromatic carbocycles. The van der Waals surface area contributed by atoms with Crippen LogP contribution in [-0.2, 0) is 6.54 Å². The summed E-state index contributed by atoms with van der Waals surface area (Å²) in [6, 6.07) is 10.9. The van der Waals surface area contributed by atoms with E-state index in [0.29, 0.717) is 18.0 Å². The number of nitrogens with one attached hydrogen (secondary N) is 1. The highest BCUT2D eigenvalue weighted by Gasteiger charge is 2.20. The van der Waals surface area contributed by atoms with Gasteiger partial charge in [0.15, 0.2) is 0 Å². The summed E-state index contributed by atoms with van der Waals surface area (Å²) in [5, 5.41) is 14.3. The van der Waals surface area contributed by atoms with Crippen LogP contribution in [0.3, 0.4) is 0 Å². The van der Waals surface area contributed by atoms with Crippen molar-refractivity contribution in [3.05, 3.63) is 63.2 Å². The van der Waals surface area contributed by atoms with Crippen molar-refractivity contribution < 1.29 is 9.66 Å². The highest BCUT2D eigenvalue weighted by molar-refractivity contribution is 5.55. The molecule has 0 aliphatic heterocycles. The monoisotopic (exact) mass is 286 g/mol. The second-order valence-corrected chi connectivity index (χ2v) is 4.93. The third-order valence-corrected chi connectivity index (χ3v) is 3.15. The fourth-order valence-electron chi connectivity index (χ4n) is 2.25. The first-order chi connectivity index (χ1) is 10.0. The van der Waals surface area contributed by atoms with Crippen LogP contribution < -0.4 is 10.1 Å². The number of nitrogens with zero attached hydrogens (tertiary/aromatic N) is 1. The third kappa shape index (κ3) is 3.38. The Labute approximate surface area is 123 Å². The van der Waals surface area contributed by atoms with E-state index in [4.69, 9.17) is 4.74 Å². The number of para-hydroxylation sites is 1. The Bertz CT molecular complexity index is 669. The molecule has 0 radical (unpaired) electrons. The molecule has 0 saturated heterocycles. The lowest BCUT2D eigenvalue weighted by molar-refractivity contribution is -0.385. The van der Waals surface area contributed by atoms with Crippen LogP contribution in [-0.4, -0.2) is 12.0 Å². The van der Waals surface area contributed by atoms with Crippen molar-refractivity contribution in [3.63, 3.8) is 0 Å². The molecule has 1 N–H and O–H groups in total. The molecular weight excluding hydrogens is 268 g/mol. The van der Waals surface area contributed by atoms with Crippen LogP contribution >= 0.6 is 0 Å². The van der Waals surface area contributed by atoms with E-state index < -0.39 is 4.92 Å². The van der Waals surface area contributed by atoms with Crippen LogP contribution in [0.2, 0.25) is 0 Å². The molecular formula is C16H18N2O3. The third-order valence-electron chi connectivity index (χ3n) is 3.15. The van der Waals surface area contributed by atoms with Crippen LogP contribution in [0.5, 0.6) is 11.5 Å². The normalized spacial score (nSPS) is 10.4. The second-order valence-electron chi connectivity index (χ2n) is 4.93. The minimum atomic E-state index is -0.407. The minimum absolute atomic E-state index is 0.00763. The van der Waals surface area contributed by atoms with Crippen molar-refractivity contribution in [3.8, 4) is 11.5 Å². The summed E-state index contributed by atoms with van der Waals surface area (Å²) < 4.78 is 5.86. The van der Waals surface area contributed by atoms with Gasteiger partial charge in [-0.05, 0) is 38.1 Å². The van der Waals surface area contributed by atoms with E-state index in [1.807, 2.05) is 51.2 Å². The Hall–Kier alpha value is -2.40. The average molecular weight is 286 g/mol. The van der Waals surface area contributed by atoms with Gasteiger partial charge in [0.05, 0.1) is 4.92 Å². The number of benzene rings is 2. The smallest absolute Gasteiger partial charge is 0.312 e. The topological polar surface area (TPSA) is 64.4 Å². The standard InChI is InChI=1S/C16H18N2O3/c1-11-8-12(2)16(14(9-11)18(19)20)21-15-7-5-4-6-13(15)10-17-3/h4-9,17H,10H2,1-3H3. The van der Waals surface area contributed by atoms with Crippen molar-refractivity contribution >= 4 is 5.69 Å². The van der Waals surface area contributed by atoms with E-state index in [1.54, 1.807) is 0 Å². The number of rotatable bonds is 5. The van der Waals surface area contributed by atoms with E-state index in [9.17, 15) is 10.1 Å². The first-order valence-electron chi connectivity index (χ1n) is 6.69. The highest BCUT2D eigenvalue weighted by Crippen LogP contribution is 2.36. The number of hydrogen-bond donors (Lipinski definition) is 1. The Kier molecular flexibility index (Phi) is 4.55. The molecule has 0 fully saturated rings. The van der Waals surface area contributed by atoms with Gasteiger partial charge >= 0.3 is 5.69 Å². The summed E-state index contributed by atoms with van der Waals surface area (Å²) in [5.41, 5.74) is 2.54. The van der Waals surface area contributed by atoms with E-state index in [0.717, 1.165) is 16.7 Å². The molecule has 0 atom stereocenters. The van der Waals surface area contributed by atoms with Crippen LogP contribution in [0.15, 0.2) is 36.4 Å². The molecule has 0 unspecified atom stereocenters. The Balaban J connectivity index is 2.47. The molecule has 0 spiro atoms. The average Bonchev–Trinajstić information content (AvgIpc) is 2.43. The van der Waals surface area contributed by atoms with Crippen molar-refractivity contribution in [1.82, 2.24) is 5.32 Å². The molecule has 0 aromatic heterocycles. The maximum Gasteiger partial charge on any atom is 0.312 e. The van der Waals surface area contributed by atoms with E-state index >= 15 is 0 Å². The summed E-state index contributed by atoms with van der Waals surface area (Å²) in [6.07, 6.45) is 0. The van der Waals surface area contributed by atoms with Gasteiger partial charge in [-0.2, -0.15) is 0 Å². The summed E-state index contributed by atoms with van der Waals surface area (Å²) in [4.78, 5) is 10.8. The van der Waals surface area contributed by atoms with Crippen molar-refractivity contribution in [2.24, 2.45) is 0 Å². The lowest BCUT2D eigenvalue weighted by atomic mass is 10.1. The zero-order valence-electron chi connectivity index (χ0n) is 12.3. The summed E-state index contributed by atoms with van der Waals surface area (Å²) in [7, 11) is 1.84. The lowest BCUT2D eigenvalue weighted by Crippen LogP contribution is -2.06. The molecule has 0 saturated carbocycles. The van der Waals surface area contributed by atoms with Crippen molar-refractivity contribution in [2.75, 3.05) is 7.05 Å². The lowest BCUT2D eigenvalue weighted by Gasteiger charge is -2.13. The largest absolute Gasteiger partial charge is 0.450 e. The van der Waals surface area contributed by atoms with Gasteiger partial charge < -0.3 is 10.1 Å². The first kappa shape index (κ1) is 15.0. The zero-order chi connectivity index (χ0) is 15.4. The fraction of sp³-hybridized carbons (Fsp3) is 0.250. The molecule has 0 bridgehead atoms. The Morgan fingerprint density at radius 3 is 2.62 bits per heavy atom. The van der Waals surface area contributed by atoms with Crippen LogP contribution in [0.4, 0.5) is 5.69 Å². The SMILES string of the molecule is CNCc1ccccc1Oc1c(C)cc(C)cc1[N+](=O)[O-]. The second kappa shape index (κ2) is 6.37. The fourth-order valence-corrected chi connectivity index (χ4v) is 2.25. The predicted octanol–water partition coefficient (Wildman–Crippen LogP) is 3.72. The van der Waals surface area contributed by atoms with Crippen LogP contribution in [0.1, 0.15) is 16.7 Å². The molecule has 5 nitrogen and oxygen atoms in total. The number of ether oxygens (including phenoxy) is 1. The molecule has 0 aliphatic rings. The zero-order valence-corrected chi connectivity index (χ0v) is 12.3. The van der Waals surface area contributed by atoms with Gasteiger partial charge in [-0.1, -0.05) is 24.3 Å². The predicted molar refractivity (Wildman–Crippen MR) is 81.9 cm³/mol. The molecule has 21 heavy (non-hydrogen) atoms. The van der Waals surface area contributed by atoms with Gasteiger partial charge in [-0.3, -0.25) is 10.1 Å². The maximum atomic E-state index is 11.2. The van der Waals surface area contributed by atoms with Crippen LogP contribution in [0.25, 0.3) is 0 Å². The van der Waals surface area contributed by atoms with Crippen molar-refractivity contribution in [2.45, 2.75) is 20.4 Å². The molecule has 0 heterocycles. The van der Waals surface area contributed by atoms with Gasteiger partial charge in [0.25, 0.3) is 0 Å². The van der Waals surface area contributed by atoms with Gasteiger partial charge in [-0.15, -0.1) is 0 Å². The summed E-state index contributed by atoms with van der Waals surface area (Å²) in [5.74, 6) is 0.927. The molecule has 0 amide bonds. The highest BCUT2D eigenvalue weighted by atomic mass is 16.6. The molecule has 5 heteroatoms. The maximum absolute atomic E-state index is 11.2. The summed E-state index contributed by atoms with van der Waals surface area (Å²) in [6.45, 7) is 4.28. The molecule has 110 valence electrons. The van der Waals surface area contributed by atoms with Gasteiger partial charge in [0.2, 0.25) is 5.75 Å². The van der Waals surface area contributed by atoms with E-state index in [-0.39, 0.29) is 5.69 Å². The van der Waals surface area contributed by atoms with E-state index in [2.05, 4.69) is 5.32 Å². The van der Waals surface area contributed by atoms with Crippen molar-refractivity contribution in [1.29, 1.82) is 0 Å². The Morgan fingerprint density at radius 1 is 1.24 bits per heavy atom. The van der Waals surface area contributed by atoms with E-state index in [1.165, 1.54) is 6.07 Å². The van der Waals surface area contributed by atoms with Gasteiger partial charge in [0, 0.05) is 18.2 Å². The number of hydrogen-bond acceptors (Lipinski definition) is 4. The molecule has 2 rings (SSSR count). The summed E-state index contributed by atoms with van der Waals surface area (Å²) >= 11 is 0. The van der Waals surface area contributed by atoms with Crippen LogP contribution in [0, 0.1) is 24.0 Å². The van der Waals surface area contributed by atoms with Gasteiger partial charge in [-0.25, -0.2) is 0 Å². The first-order valence-corrected chi connectivity index (χ1v) is 6.69. The Morgan fingerprint density at radius 2 is 1.95 bits per heavy atom. The minimum Gasteiger partial charge on any atom is -0.450 e. The quantitative estimate of drug-likeness (QED) is 0.672. The molecule has 2 aromatic rings. The number of nitro groups is 1. The number of nitro benzene ring substituents is 1. The number of aryl methyl sites for hydroxylation is 2.